The van der Waals surface area contributed by atoms with Crippen molar-refractivity contribution in [3.8, 4) is 0 Å². The third-order valence-corrected chi connectivity index (χ3v) is 4.28. The highest BCUT2D eigenvalue weighted by Crippen LogP contribution is 2.54. The van der Waals surface area contributed by atoms with Crippen molar-refractivity contribution in [3.63, 3.8) is 0 Å². The molecule has 2 aromatic rings. The molecule has 0 amide bonds. The Labute approximate surface area is 118 Å². The maximum absolute atomic E-state index is 11.1. The molecule has 2 aromatic carbocycles. The van der Waals surface area contributed by atoms with E-state index in [4.69, 9.17) is 9.84 Å². The van der Waals surface area contributed by atoms with Gasteiger partial charge < -0.3 is 9.84 Å². The Morgan fingerprint density at radius 2 is 1.63 bits per heavy atom. The lowest BCUT2D eigenvalue weighted by Crippen LogP contribution is -2.05. The molecule has 0 radical (unpaired) electrons. The van der Waals surface area contributed by atoms with Crippen molar-refractivity contribution in [1.29, 1.82) is 0 Å². The first-order valence-corrected chi connectivity index (χ1v) is 6.76. The minimum absolute atomic E-state index is 0.0501. The fourth-order valence-electron chi connectivity index (χ4n) is 2.95. The smallest absolute Gasteiger partial charge is 0.335 e. The van der Waals surface area contributed by atoms with Gasteiger partial charge in [0.15, 0.2) is 0 Å². The van der Waals surface area contributed by atoms with E-state index in [2.05, 4.69) is 28.1 Å². The highest BCUT2D eigenvalue weighted by atomic mass is 79.9. The van der Waals surface area contributed by atoms with Crippen LogP contribution in [0.25, 0.3) is 0 Å². The predicted octanol–water partition coefficient (Wildman–Crippen LogP) is 3.67. The zero-order chi connectivity index (χ0) is 13.1. The van der Waals surface area contributed by atoms with Crippen LogP contribution in [0, 0.1) is 0 Å². The summed E-state index contributed by atoms with van der Waals surface area (Å²) < 4.78 is 7.00. The predicted molar refractivity (Wildman–Crippen MR) is 72.3 cm³/mol. The third-order valence-electron chi connectivity index (χ3n) is 3.78. The molecule has 94 valence electrons. The average Bonchev–Trinajstić information content (AvgIpc) is 2.94. The van der Waals surface area contributed by atoms with E-state index in [0.717, 1.165) is 21.2 Å². The minimum Gasteiger partial charge on any atom is -0.478 e. The second-order valence-corrected chi connectivity index (χ2v) is 5.73. The van der Waals surface area contributed by atoms with Gasteiger partial charge in [-0.05, 0) is 46.5 Å². The zero-order valence-corrected chi connectivity index (χ0v) is 11.3. The fraction of sp³-hybridized carbons (Fsp3) is 0.133. The van der Waals surface area contributed by atoms with E-state index < -0.39 is 5.97 Å². The van der Waals surface area contributed by atoms with Crippen LogP contribution in [0.1, 0.15) is 44.8 Å². The highest BCUT2D eigenvalue weighted by molar-refractivity contribution is 9.10. The second kappa shape index (κ2) is 3.68. The molecule has 0 fully saturated rings. The summed E-state index contributed by atoms with van der Waals surface area (Å²) in [4.78, 5) is 11.1. The van der Waals surface area contributed by atoms with Gasteiger partial charge in [0.1, 0.15) is 12.2 Å². The summed E-state index contributed by atoms with van der Waals surface area (Å²) in [5.41, 5.74) is 4.70. The Kier molecular flexibility index (Phi) is 2.17. The van der Waals surface area contributed by atoms with Crippen LogP contribution in [0.4, 0.5) is 0 Å². The normalized spacial score (nSPS) is 22.2. The molecule has 0 aromatic heterocycles. The molecule has 2 aliphatic heterocycles. The Balaban J connectivity index is 1.91. The number of rotatable bonds is 1. The van der Waals surface area contributed by atoms with Gasteiger partial charge in [-0.15, -0.1) is 0 Å². The SMILES string of the molecule is O=C(O)c1ccc2c(c1)[C@H]1O[C@@H]2c2ccc(Br)cc21. The molecular formula is C15H9BrO3. The molecule has 0 spiro atoms. The number of carbonyl (C=O) groups is 1. The van der Waals surface area contributed by atoms with Crippen LogP contribution >= 0.6 is 15.9 Å². The topological polar surface area (TPSA) is 46.5 Å². The van der Waals surface area contributed by atoms with Gasteiger partial charge in [-0.25, -0.2) is 4.79 Å². The molecule has 19 heavy (non-hydrogen) atoms. The molecular weight excluding hydrogens is 308 g/mol. The first-order valence-electron chi connectivity index (χ1n) is 5.97. The molecule has 4 rings (SSSR count). The van der Waals surface area contributed by atoms with Crippen LogP contribution in [0.3, 0.4) is 0 Å². The van der Waals surface area contributed by atoms with Gasteiger partial charge >= 0.3 is 5.97 Å². The van der Waals surface area contributed by atoms with Crippen molar-refractivity contribution in [1.82, 2.24) is 0 Å². The van der Waals surface area contributed by atoms with Gasteiger partial charge in [-0.1, -0.05) is 28.1 Å². The molecule has 2 atom stereocenters. The molecule has 0 saturated heterocycles. The van der Waals surface area contributed by atoms with Crippen LogP contribution in [-0.2, 0) is 4.74 Å². The number of ether oxygens (including phenoxy) is 1. The van der Waals surface area contributed by atoms with Crippen LogP contribution in [0.15, 0.2) is 40.9 Å². The van der Waals surface area contributed by atoms with Gasteiger partial charge in [-0.2, -0.15) is 0 Å². The average molecular weight is 317 g/mol. The zero-order valence-electron chi connectivity index (χ0n) is 9.76. The number of fused-ring (bicyclic) bond motifs is 8. The summed E-state index contributed by atoms with van der Waals surface area (Å²) in [7, 11) is 0. The summed E-state index contributed by atoms with van der Waals surface area (Å²) in [6.45, 7) is 0. The first kappa shape index (κ1) is 11.2. The van der Waals surface area contributed by atoms with Crippen LogP contribution in [0.2, 0.25) is 0 Å². The van der Waals surface area contributed by atoms with E-state index in [9.17, 15) is 4.79 Å². The maximum atomic E-state index is 11.1. The van der Waals surface area contributed by atoms with Crippen LogP contribution in [0.5, 0.6) is 0 Å². The number of halogens is 1. The third kappa shape index (κ3) is 1.44. The lowest BCUT2D eigenvalue weighted by Gasteiger charge is -2.16. The lowest BCUT2D eigenvalue weighted by atomic mass is 9.85. The van der Waals surface area contributed by atoms with Gasteiger partial charge in [0, 0.05) is 4.47 Å². The van der Waals surface area contributed by atoms with Crippen LogP contribution < -0.4 is 0 Å². The minimum atomic E-state index is -0.903. The Bertz CT molecular complexity index is 723. The number of hydrogen-bond donors (Lipinski definition) is 1. The number of carboxylic acid groups (broad SMARTS) is 1. The van der Waals surface area contributed by atoms with E-state index in [1.807, 2.05) is 12.1 Å². The van der Waals surface area contributed by atoms with Gasteiger partial charge in [0.2, 0.25) is 0 Å². The number of benzene rings is 2. The van der Waals surface area contributed by atoms with E-state index in [1.165, 1.54) is 5.56 Å². The van der Waals surface area contributed by atoms with Crippen molar-refractivity contribution in [2.24, 2.45) is 0 Å². The molecule has 0 aliphatic carbocycles. The summed E-state index contributed by atoms with van der Waals surface area (Å²) >= 11 is 3.46. The summed E-state index contributed by atoms with van der Waals surface area (Å²) in [5, 5.41) is 9.08. The van der Waals surface area contributed by atoms with Crippen molar-refractivity contribution in [2.75, 3.05) is 0 Å². The Hall–Kier alpha value is -1.65. The monoisotopic (exact) mass is 316 g/mol. The van der Waals surface area contributed by atoms with Crippen molar-refractivity contribution in [2.45, 2.75) is 12.2 Å². The van der Waals surface area contributed by atoms with Crippen molar-refractivity contribution in [3.05, 3.63) is 68.7 Å². The molecule has 2 bridgehead atoms. The fourth-order valence-corrected chi connectivity index (χ4v) is 3.33. The highest BCUT2D eigenvalue weighted by Gasteiger charge is 2.42. The number of carboxylic acids is 1. The standard InChI is InChI=1S/C15H9BrO3/c16-8-2-4-10-12(6-8)14-11-5-7(15(17)18)1-3-9(11)13(10)19-14/h1-6,13-14H,(H,17,18)/t13-,14+/m0/s1. The van der Waals surface area contributed by atoms with Crippen molar-refractivity contribution < 1.29 is 14.6 Å². The maximum Gasteiger partial charge on any atom is 0.335 e. The second-order valence-electron chi connectivity index (χ2n) is 4.82. The van der Waals surface area contributed by atoms with Gasteiger partial charge in [0.05, 0.1) is 5.56 Å². The molecule has 0 unspecified atom stereocenters. The van der Waals surface area contributed by atoms with E-state index in [-0.39, 0.29) is 12.2 Å². The lowest BCUT2D eigenvalue weighted by molar-refractivity contribution is 0.0696. The number of hydrogen-bond acceptors (Lipinski definition) is 2. The summed E-state index contributed by atoms with van der Waals surface area (Å²) in [6, 6.07) is 11.4. The van der Waals surface area contributed by atoms with Crippen LogP contribution in [-0.4, -0.2) is 11.1 Å². The quantitative estimate of drug-likeness (QED) is 0.873. The molecule has 0 saturated carbocycles. The molecule has 1 N–H and O–H groups in total. The largest absolute Gasteiger partial charge is 0.478 e. The molecule has 3 nitrogen and oxygen atoms in total. The molecule has 2 heterocycles. The molecule has 4 heteroatoms. The van der Waals surface area contributed by atoms with Crippen molar-refractivity contribution >= 4 is 21.9 Å². The summed E-state index contributed by atoms with van der Waals surface area (Å²) in [6.07, 6.45) is -0.183. The first-order chi connectivity index (χ1) is 9.15. The number of aromatic carboxylic acids is 1. The Morgan fingerprint density at radius 3 is 2.37 bits per heavy atom. The Morgan fingerprint density at radius 1 is 1.00 bits per heavy atom. The van der Waals surface area contributed by atoms with Gasteiger partial charge in [0.25, 0.3) is 0 Å². The summed E-state index contributed by atoms with van der Waals surface area (Å²) in [5.74, 6) is -0.903. The van der Waals surface area contributed by atoms with Gasteiger partial charge in [-0.3, -0.25) is 0 Å². The van der Waals surface area contributed by atoms with E-state index in [0.29, 0.717) is 5.56 Å². The van der Waals surface area contributed by atoms with E-state index in [1.54, 1.807) is 12.1 Å². The molecule has 2 aliphatic rings. The van der Waals surface area contributed by atoms with E-state index >= 15 is 0 Å².